The third-order valence-electron chi connectivity index (χ3n) is 4.55. The van der Waals surface area contributed by atoms with Crippen molar-refractivity contribution in [3.05, 3.63) is 68.2 Å². The lowest BCUT2D eigenvalue weighted by molar-refractivity contribution is -0.130. The van der Waals surface area contributed by atoms with Gasteiger partial charge in [-0.3, -0.25) is 14.7 Å². The van der Waals surface area contributed by atoms with E-state index in [2.05, 4.69) is 10.1 Å². The zero-order valence-corrected chi connectivity index (χ0v) is 15.8. The molecule has 0 aliphatic heterocycles. The fourth-order valence-electron chi connectivity index (χ4n) is 3.09. The van der Waals surface area contributed by atoms with Crippen LogP contribution in [-0.2, 0) is 17.8 Å². The Morgan fingerprint density at radius 3 is 2.65 bits per heavy atom. The van der Waals surface area contributed by atoms with Gasteiger partial charge in [-0.1, -0.05) is 23.7 Å². The second-order valence-corrected chi connectivity index (χ2v) is 6.89. The number of nitrogens with zero attached hydrogens (tertiary/aromatic N) is 3. The van der Waals surface area contributed by atoms with Crippen LogP contribution in [0.25, 0.3) is 5.65 Å². The maximum absolute atomic E-state index is 12.5. The number of rotatable bonds is 5. The monoisotopic (exact) mass is 372 g/mol. The zero-order valence-electron chi connectivity index (χ0n) is 15.0. The first-order valence-corrected chi connectivity index (χ1v) is 8.79. The Labute approximate surface area is 156 Å². The number of hydrogen-bond donors (Lipinski definition) is 1. The first-order valence-electron chi connectivity index (χ1n) is 8.41. The van der Waals surface area contributed by atoms with Crippen LogP contribution in [0.15, 0.2) is 35.1 Å². The van der Waals surface area contributed by atoms with Crippen LogP contribution in [0.4, 0.5) is 0 Å². The molecule has 6 nitrogen and oxygen atoms in total. The lowest BCUT2D eigenvalue weighted by Crippen LogP contribution is -2.26. The average Bonchev–Trinajstić information content (AvgIpc) is 2.97. The lowest BCUT2D eigenvalue weighted by Gasteiger charge is -2.18. The molecule has 0 fully saturated rings. The number of aromatic nitrogens is 3. The van der Waals surface area contributed by atoms with Crippen molar-refractivity contribution in [2.75, 3.05) is 7.05 Å². The Morgan fingerprint density at radius 1 is 1.27 bits per heavy atom. The van der Waals surface area contributed by atoms with Crippen LogP contribution in [-0.4, -0.2) is 32.5 Å². The Kier molecular flexibility index (Phi) is 5.13. The van der Waals surface area contributed by atoms with E-state index >= 15 is 0 Å². The number of nitrogens with one attached hydrogen (secondary N) is 1. The van der Waals surface area contributed by atoms with Gasteiger partial charge in [0.15, 0.2) is 5.65 Å². The van der Waals surface area contributed by atoms with Gasteiger partial charge in [0.25, 0.3) is 5.56 Å². The van der Waals surface area contributed by atoms with Gasteiger partial charge in [0.2, 0.25) is 5.91 Å². The van der Waals surface area contributed by atoms with Crippen LogP contribution in [0.1, 0.15) is 28.9 Å². The SMILES string of the molecule is Cc1nc2cc(=O)[nH]n2c(C)c1CCC(=O)N(C)Cc1ccc(Cl)cc1. The van der Waals surface area contributed by atoms with E-state index in [0.717, 1.165) is 22.5 Å². The number of hydrogen-bond acceptors (Lipinski definition) is 3. The molecule has 1 N–H and O–H groups in total. The van der Waals surface area contributed by atoms with E-state index in [1.165, 1.54) is 6.07 Å². The molecular weight excluding hydrogens is 352 g/mol. The van der Waals surface area contributed by atoms with Crippen molar-refractivity contribution >= 4 is 23.2 Å². The van der Waals surface area contributed by atoms with Crippen molar-refractivity contribution in [1.29, 1.82) is 0 Å². The standard InChI is InChI=1S/C19H21ClN4O2/c1-12-16(13(2)24-17(21-12)10-18(25)22-24)8-9-19(26)23(3)11-14-4-6-15(20)7-5-14/h4-7,10H,8-9,11H2,1-3H3,(H,22,25). The molecule has 0 radical (unpaired) electrons. The van der Waals surface area contributed by atoms with E-state index in [0.29, 0.717) is 30.1 Å². The van der Waals surface area contributed by atoms with Crippen molar-refractivity contribution in [1.82, 2.24) is 19.5 Å². The lowest BCUT2D eigenvalue weighted by atomic mass is 10.1. The number of fused-ring (bicyclic) bond motifs is 1. The molecule has 2 heterocycles. The highest BCUT2D eigenvalue weighted by Crippen LogP contribution is 2.16. The second kappa shape index (κ2) is 7.33. The maximum Gasteiger partial charge on any atom is 0.266 e. The molecule has 26 heavy (non-hydrogen) atoms. The molecule has 0 spiro atoms. The van der Waals surface area contributed by atoms with Gasteiger partial charge >= 0.3 is 0 Å². The number of carbonyl (C=O) groups excluding carboxylic acids is 1. The Bertz CT molecular complexity index is 1000. The summed E-state index contributed by atoms with van der Waals surface area (Å²) in [6.07, 6.45) is 0.953. The number of amides is 1. The minimum atomic E-state index is -0.184. The minimum absolute atomic E-state index is 0.0554. The summed E-state index contributed by atoms with van der Waals surface area (Å²) in [5.74, 6) is 0.0554. The first-order chi connectivity index (χ1) is 12.3. The number of H-pyrrole nitrogens is 1. The van der Waals surface area contributed by atoms with Gasteiger partial charge < -0.3 is 4.90 Å². The molecule has 0 bridgehead atoms. The molecular formula is C19H21ClN4O2. The van der Waals surface area contributed by atoms with Crippen LogP contribution >= 0.6 is 11.6 Å². The summed E-state index contributed by atoms with van der Waals surface area (Å²) in [5.41, 5.74) is 4.18. The van der Waals surface area contributed by atoms with Crippen molar-refractivity contribution in [2.24, 2.45) is 0 Å². The Hall–Kier alpha value is -2.60. The molecule has 0 saturated heterocycles. The van der Waals surface area contributed by atoms with Crippen molar-refractivity contribution in [3.8, 4) is 0 Å². The quantitative estimate of drug-likeness (QED) is 0.748. The molecule has 0 atom stereocenters. The van der Waals surface area contributed by atoms with Gasteiger partial charge in [0, 0.05) is 42.5 Å². The van der Waals surface area contributed by atoms with Crippen LogP contribution < -0.4 is 5.56 Å². The van der Waals surface area contributed by atoms with Gasteiger partial charge in [-0.15, -0.1) is 0 Å². The summed E-state index contributed by atoms with van der Waals surface area (Å²) in [6.45, 7) is 4.37. The number of halogens is 1. The number of aromatic amines is 1. The summed E-state index contributed by atoms with van der Waals surface area (Å²) in [4.78, 5) is 30.2. The normalized spacial score (nSPS) is 11.1. The minimum Gasteiger partial charge on any atom is -0.341 e. The Morgan fingerprint density at radius 2 is 1.96 bits per heavy atom. The van der Waals surface area contributed by atoms with Crippen LogP contribution in [0.5, 0.6) is 0 Å². The first kappa shape index (κ1) is 18.2. The van der Waals surface area contributed by atoms with Crippen molar-refractivity contribution in [2.45, 2.75) is 33.2 Å². The topological polar surface area (TPSA) is 70.5 Å². The molecule has 7 heteroatoms. The maximum atomic E-state index is 12.5. The molecule has 1 aromatic carbocycles. The number of carbonyl (C=O) groups is 1. The van der Waals surface area contributed by atoms with Crippen LogP contribution in [0.2, 0.25) is 5.02 Å². The van der Waals surface area contributed by atoms with E-state index < -0.39 is 0 Å². The van der Waals surface area contributed by atoms with Gasteiger partial charge in [-0.25, -0.2) is 9.50 Å². The number of benzene rings is 1. The van der Waals surface area contributed by atoms with Crippen molar-refractivity contribution < 1.29 is 4.79 Å². The zero-order chi connectivity index (χ0) is 18.8. The van der Waals surface area contributed by atoms with Gasteiger partial charge in [-0.05, 0) is 43.5 Å². The molecule has 3 rings (SSSR count). The third kappa shape index (κ3) is 3.80. The van der Waals surface area contributed by atoms with Gasteiger partial charge in [0.1, 0.15) is 0 Å². The molecule has 2 aromatic heterocycles. The summed E-state index contributed by atoms with van der Waals surface area (Å²) < 4.78 is 1.67. The molecule has 0 unspecified atom stereocenters. The van der Waals surface area contributed by atoms with Gasteiger partial charge in [0.05, 0.1) is 0 Å². The molecule has 0 aliphatic carbocycles. The second-order valence-electron chi connectivity index (χ2n) is 6.45. The summed E-state index contributed by atoms with van der Waals surface area (Å²) in [6, 6.07) is 8.94. The van der Waals surface area contributed by atoms with Crippen molar-refractivity contribution in [3.63, 3.8) is 0 Å². The fourth-order valence-corrected chi connectivity index (χ4v) is 3.22. The predicted octanol–water partition coefficient (Wildman–Crippen LogP) is 2.88. The van der Waals surface area contributed by atoms with Crippen LogP contribution in [0, 0.1) is 13.8 Å². The highest BCUT2D eigenvalue weighted by atomic mass is 35.5. The highest BCUT2D eigenvalue weighted by Gasteiger charge is 2.14. The van der Waals surface area contributed by atoms with E-state index in [4.69, 9.17) is 11.6 Å². The smallest absolute Gasteiger partial charge is 0.266 e. The highest BCUT2D eigenvalue weighted by molar-refractivity contribution is 6.30. The van der Waals surface area contributed by atoms with E-state index in [1.54, 1.807) is 16.5 Å². The van der Waals surface area contributed by atoms with E-state index in [9.17, 15) is 9.59 Å². The molecule has 3 aromatic rings. The summed E-state index contributed by atoms with van der Waals surface area (Å²) in [7, 11) is 1.79. The third-order valence-corrected chi connectivity index (χ3v) is 4.80. The van der Waals surface area contributed by atoms with E-state index in [1.807, 2.05) is 38.1 Å². The van der Waals surface area contributed by atoms with Gasteiger partial charge in [-0.2, -0.15) is 0 Å². The molecule has 1 amide bonds. The fraction of sp³-hybridized carbons (Fsp3) is 0.316. The molecule has 0 saturated carbocycles. The summed E-state index contributed by atoms with van der Waals surface area (Å²) in [5, 5.41) is 3.41. The largest absolute Gasteiger partial charge is 0.341 e. The number of aryl methyl sites for hydroxylation is 2. The molecule has 0 aliphatic rings. The summed E-state index contributed by atoms with van der Waals surface area (Å²) >= 11 is 5.89. The van der Waals surface area contributed by atoms with E-state index in [-0.39, 0.29) is 11.5 Å². The predicted molar refractivity (Wildman–Crippen MR) is 102 cm³/mol. The molecule has 136 valence electrons. The van der Waals surface area contributed by atoms with Crippen LogP contribution in [0.3, 0.4) is 0 Å². The average molecular weight is 373 g/mol. The Balaban J connectivity index is 1.70.